The lowest BCUT2D eigenvalue weighted by Gasteiger charge is -2.24. The van der Waals surface area contributed by atoms with Gasteiger partial charge in [-0.3, -0.25) is 9.59 Å². The Morgan fingerprint density at radius 1 is 0.810 bits per heavy atom. The molecule has 2 rings (SSSR count). The molecule has 0 amide bonds. The molecule has 1 atom stereocenters. The number of ketones is 2. The van der Waals surface area contributed by atoms with E-state index in [1.807, 2.05) is 55.5 Å². The van der Waals surface area contributed by atoms with Gasteiger partial charge in [-0.2, -0.15) is 0 Å². The van der Waals surface area contributed by atoms with Gasteiger partial charge in [-0.15, -0.1) is 0 Å². The second-order valence-corrected chi connectivity index (χ2v) is 5.50. The van der Waals surface area contributed by atoms with E-state index in [9.17, 15) is 9.59 Å². The van der Waals surface area contributed by atoms with Gasteiger partial charge in [0.1, 0.15) is 11.6 Å². The van der Waals surface area contributed by atoms with Crippen LogP contribution in [0.1, 0.15) is 36.5 Å². The maximum atomic E-state index is 12.0. The first-order valence-electron chi connectivity index (χ1n) is 7.13. The lowest BCUT2D eigenvalue weighted by atomic mass is 9.77. The van der Waals surface area contributed by atoms with Crippen LogP contribution >= 0.6 is 0 Å². The minimum absolute atomic E-state index is 0.0853. The van der Waals surface area contributed by atoms with Crippen molar-refractivity contribution < 1.29 is 9.59 Å². The fourth-order valence-electron chi connectivity index (χ4n) is 2.86. The molecular weight excluding hydrogens is 260 g/mol. The van der Waals surface area contributed by atoms with Crippen LogP contribution in [0.3, 0.4) is 0 Å². The molecule has 0 saturated heterocycles. The minimum atomic E-state index is -0.630. The predicted octanol–water partition coefficient (Wildman–Crippen LogP) is 3.92. The predicted molar refractivity (Wildman–Crippen MR) is 84.3 cm³/mol. The Labute approximate surface area is 125 Å². The van der Waals surface area contributed by atoms with E-state index in [2.05, 4.69) is 6.07 Å². The minimum Gasteiger partial charge on any atom is -0.299 e. The molecule has 1 unspecified atom stereocenters. The number of aryl methyl sites for hydroxylation is 1. The van der Waals surface area contributed by atoms with E-state index in [0.29, 0.717) is 0 Å². The van der Waals surface area contributed by atoms with Crippen LogP contribution in [0.2, 0.25) is 0 Å². The van der Waals surface area contributed by atoms with Gasteiger partial charge in [0.2, 0.25) is 0 Å². The number of rotatable bonds is 5. The van der Waals surface area contributed by atoms with E-state index in [4.69, 9.17) is 0 Å². The zero-order valence-corrected chi connectivity index (χ0v) is 12.7. The third kappa shape index (κ3) is 3.46. The van der Waals surface area contributed by atoms with Crippen LogP contribution in [0.5, 0.6) is 0 Å². The Balaban J connectivity index is 2.59. The summed E-state index contributed by atoms with van der Waals surface area (Å²) in [6.45, 7) is 5.01. The van der Waals surface area contributed by atoms with Gasteiger partial charge in [0.25, 0.3) is 0 Å². The van der Waals surface area contributed by atoms with Gasteiger partial charge in [-0.05, 0) is 31.9 Å². The molecule has 2 aromatic carbocycles. The summed E-state index contributed by atoms with van der Waals surface area (Å²) in [4.78, 5) is 24.1. The molecule has 0 fully saturated rings. The lowest BCUT2D eigenvalue weighted by molar-refractivity contribution is -0.130. The van der Waals surface area contributed by atoms with Crippen molar-refractivity contribution >= 4 is 11.6 Å². The third-order valence-corrected chi connectivity index (χ3v) is 3.77. The van der Waals surface area contributed by atoms with E-state index in [1.165, 1.54) is 13.8 Å². The van der Waals surface area contributed by atoms with Crippen molar-refractivity contribution in [2.75, 3.05) is 0 Å². The fraction of sp³-hybridized carbons (Fsp3) is 0.263. The van der Waals surface area contributed by atoms with E-state index >= 15 is 0 Å². The molecule has 0 aromatic heterocycles. The van der Waals surface area contributed by atoms with Gasteiger partial charge in [0.15, 0.2) is 0 Å². The summed E-state index contributed by atoms with van der Waals surface area (Å²) < 4.78 is 0. The third-order valence-electron chi connectivity index (χ3n) is 3.77. The highest BCUT2D eigenvalue weighted by atomic mass is 16.1. The SMILES string of the molecule is CC(=O)C(C(C)=O)C(c1ccccc1)c1cccc(C)c1. The second-order valence-electron chi connectivity index (χ2n) is 5.50. The molecule has 0 saturated carbocycles. The first-order valence-corrected chi connectivity index (χ1v) is 7.13. The maximum absolute atomic E-state index is 12.0. The topological polar surface area (TPSA) is 34.1 Å². The Hall–Kier alpha value is -2.22. The average Bonchev–Trinajstić information content (AvgIpc) is 2.44. The van der Waals surface area contributed by atoms with Crippen LogP contribution in [-0.2, 0) is 9.59 Å². The summed E-state index contributed by atoms with van der Waals surface area (Å²) >= 11 is 0. The highest BCUT2D eigenvalue weighted by molar-refractivity contribution is 6.01. The molecule has 108 valence electrons. The molecule has 0 bridgehead atoms. The number of Topliss-reactive ketones (excluding diaryl/α,β-unsaturated/α-hetero) is 2. The van der Waals surface area contributed by atoms with Crippen molar-refractivity contribution in [1.29, 1.82) is 0 Å². The number of benzene rings is 2. The van der Waals surface area contributed by atoms with Gasteiger partial charge in [0, 0.05) is 5.92 Å². The van der Waals surface area contributed by atoms with Gasteiger partial charge < -0.3 is 0 Å². The molecule has 0 heterocycles. The van der Waals surface area contributed by atoms with Crippen LogP contribution in [0, 0.1) is 12.8 Å². The molecule has 0 aliphatic rings. The van der Waals surface area contributed by atoms with Crippen molar-refractivity contribution in [2.24, 2.45) is 5.92 Å². The van der Waals surface area contributed by atoms with Gasteiger partial charge >= 0.3 is 0 Å². The summed E-state index contributed by atoms with van der Waals surface area (Å²) in [5.41, 5.74) is 3.13. The summed E-state index contributed by atoms with van der Waals surface area (Å²) in [6, 6.07) is 17.8. The summed E-state index contributed by atoms with van der Waals surface area (Å²) in [5, 5.41) is 0. The van der Waals surface area contributed by atoms with Crippen molar-refractivity contribution in [3.8, 4) is 0 Å². The van der Waals surface area contributed by atoms with Gasteiger partial charge in [0.05, 0.1) is 5.92 Å². The molecule has 2 heteroatoms. The molecule has 2 aromatic rings. The van der Waals surface area contributed by atoms with Crippen LogP contribution in [-0.4, -0.2) is 11.6 Å². The van der Waals surface area contributed by atoms with Gasteiger partial charge in [-0.25, -0.2) is 0 Å². The average molecular weight is 280 g/mol. The fourth-order valence-corrected chi connectivity index (χ4v) is 2.86. The largest absolute Gasteiger partial charge is 0.299 e. The zero-order valence-electron chi connectivity index (χ0n) is 12.7. The molecule has 0 radical (unpaired) electrons. The Bertz CT molecular complexity index is 630. The maximum Gasteiger partial charge on any atom is 0.141 e. The van der Waals surface area contributed by atoms with Crippen LogP contribution < -0.4 is 0 Å². The van der Waals surface area contributed by atoms with Crippen LogP contribution in [0.15, 0.2) is 54.6 Å². The lowest BCUT2D eigenvalue weighted by Crippen LogP contribution is -2.27. The molecule has 0 N–H and O–H groups in total. The molecule has 0 aliphatic carbocycles. The summed E-state index contributed by atoms with van der Waals surface area (Å²) in [5.74, 6) is -1.02. The first-order chi connectivity index (χ1) is 10.0. The van der Waals surface area contributed by atoms with E-state index in [0.717, 1.165) is 16.7 Å². The Morgan fingerprint density at radius 2 is 1.38 bits per heavy atom. The monoisotopic (exact) mass is 280 g/mol. The van der Waals surface area contributed by atoms with Crippen LogP contribution in [0.25, 0.3) is 0 Å². The number of hydrogen-bond donors (Lipinski definition) is 0. The normalized spacial score (nSPS) is 12.2. The van der Waals surface area contributed by atoms with Crippen molar-refractivity contribution in [1.82, 2.24) is 0 Å². The number of hydrogen-bond acceptors (Lipinski definition) is 2. The number of carbonyl (C=O) groups is 2. The second kappa shape index (κ2) is 6.49. The molecule has 0 aliphatic heterocycles. The summed E-state index contributed by atoms with van der Waals surface area (Å²) in [6.07, 6.45) is 0. The van der Waals surface area contributed by atoms with Gasteiger partial charge in [-0.1, -0.05) is 60.2 Å². The summed E-state index contributed by atoms with van der Waals surface area (Å²) in [7, 11) is 0. The van der Waals surface area contributed by atoms with Crippen molar-refractivity contribution in [3.63, 3.8) is 0 Å². The molecule has 0 spiro atoms. The highest BCUT2D eigenvalue weighted by Crippen LogP contribution is 2.33. The standard InChI is InChI=1S/C19H20O2/c1-13-8-7-11-17(12-13)19(16-9-5-4-6-10-16)18(14(2)20)15(3)21/h4-12,18-19H,1-3H3. The smallest absolute Gasteiger partial charge is 0.141 e. The number of carbonyl (C=O) groups excluding carboxylic acids is 2. The van der Waals surface area contributed by atoms with Crippen molar-refractivity contribution in [3.05, 3.63) is 71.3 Å². The first kappa shape index (κ1) is 15.2. The van der Waals surface area contributed by atoms with E-state index in [1.54, 1.807) is 0 Å². The Morgan fingerprint density at radius 3 is 1.90 bits per heavy atom. The quantitative estimate of drug-likeness (QED) is 0.778. The zero-order chi connectivity index (χ0) is 15.4. The Kier molecular flexibility index (Phi) is 4.69. The van der Waals surface area contributed by atoms with E-state index < -0.39 is 5.92 Å². The van der Waals surface area contributed by atoms with Crippen molar-refractivity contribution in [2.45, 2.75) is 26.7 Å². The highest BCUT2D eigenvalue weighted by Gasteiger charge is 2.32. The molecule has 2 nitrogen and oxygen atoms in total. The molecule has 21 heavy (non-hydrogen) atoms. The van der Waals surface area contributed by atoms with Crippen LogP contribution in [0.4, 0.5) is 0 Å². The van der Waals surface area contributed by atoms with E-state index in [-0.39, 0.29) is 17.5 Å². The molecular formula is C19H20O2.